The van der Waals surface area contributed by atoms with E-state index >= 15 is 0 Å². The second-order valence-corrected chi connectivity index (χ2v) is 9.97. The first-order valence-corrected chi connectivity index (χ1v) is 11.2. The number of aromatic nitrogens is 2. The largest absolute Gasteiger partial charge is 0.399 e. The number of benzene rings is 2. The number of nitrogens with zero attached hydrogens (tertiary/aromatic N) is 2. The molecule has 2 amide bonds. The summed E-state index contributed by atoms with van der Waals surface area (Å²) >= 11 is 0. The number of hydrogen-bond acceptors (Lipinski definition) is 5. The monoisotopic (exact) mass is 449 g/mol. The van der Waals surface area contributed by atoms with Crippen molar-refractivity contribution in [3.05, 3.63) is 59.8 Å². The zero-order valence-corrected chi connectivity index (χ0v) is 19.3. The van der Waals surface area contributed by atoms with Gasteiger partial charge < -0.3 is 21.5 Å². The van der Waals surface area contributed by atoms with E-state index in [1.54, 1.807) is 4.68 Å². The topological polar surface area (TPSA) is 122 Å². The number of para-hydroxylation sites is 1. The van der Waals surface area contributed by atoms with E-state index in [1.807, 2.05) is 69.3 Å². The lowest BCUT2D eigenvalue weighted by Gasteiger charge is -2.31. The summed E-state index contributed by atoms with van der Waals surface area (Å²) in [5, 5.41) is 20.7. The van der Waals surface area contributed by atoms with E-state index in [9.17, 15) is 14.7 Å². The van der Waals surface area contributed by atoms with Crippen molar-refractivity contribution in [1.29, 1.82) is 0 Å². The number of carbonyl (C=O) groups excluding carboxylic acids is 2. The summed E-state index contributed by atoms with van der Waals surface area (Å²) in [6, 6.07) is 14.3. The van der Waals surface area contributed by atoms with Crippen molar-refractivity contribution in [1.82, 2.24) is 20.4 Å². The van der Waals surface area contributed by atoms with Crippen LogP contribution in [0, 0.1) is 5.41 Å². The molecule has 174 valence electrons. The van der Waals surface area contributed by atoms with Gasteiger partial charge in [0.15, 0.2) is 5.69 Å². The highest BCUT2D eigenvalue weighted by molar-refractivity contribution is 6.06. The van der Waals surface area contributed by atoms with E-state index in [4.69, 9.17) is 5.73 Å². The average Bonchev–Trinajstić information content (AvgIpc) is 3.45. The standard InChI is InChI=1S/C25H31N5O3/c1-24(2,3)21(23(33)28-25(15-31)12-13-25)27-22(32)20-18-6-4-5-7-19(18)30(29-20)14-16-8-10-17(26)11-9-16/h4-11,21,31H,12-15,26H2,1-3H3,(H,27,32)(H,28,33)/t21-/m1/s1. The van der Waals surface area contributed by atoms with Crippen molar-refractivity contribution in [3.8, 4) is 0 Å². The molecule has 4 rings (SSSR count). The van der Waals surface area contributed by atoms with E-state index in [1.165, 1.54) is 0 Å². The van der Waals surface area contributed by atoms with Crippen molar-refractivity contribution in [3.63, 3.8) is 0 Å². The molecule has 1 saturated carbocycles. The minimum Gasteiger partial charge on any atom is -0.399 e. The highest BCUT2D eigenvalue weighted by Gasteiger charge is 2.46. The van der Waals surface area contributed by atoms with Crippen LogP contribution in [-0.4, -0.2) is 44.9 Å². The van der Waals surface area contributed by atoms with E-state index in [-0.39, 0.29) is 18.2 Å². The van der Waals surface area contributed by atoms with Crippen LogP contribution < -0.4 is 16.4 Å². The Labute approximate surface area is 193 Å². The van der Waals surface area contributed by atoms with Gasteiger partial charge in [0, 0.05) is 11.1 Å². The molecule has 0 saturated heterocycles. The van der Waals surface area contributed by atoms with Crippen molar-refractivity contribution >= 4 is 28.4 Å². The van der Waals surface area contributed by atoms with Gasteiger partial charge in [0.05, 0.1) is 24.2 Å². The van der Waals surface area contributed by atoms with Crippen LogP contribution in [-0.2, 0) is 11.3 Å². The highest BCUT2D eigenvalue weighted by Crippen LogP contribution is 2.35. The third kappa shape index (κ3) is 4.85. The first-order valence-electron chi connectivity index (χ1n) is 11.2. The molecule has 1 aromatic heterocycles. The quantitative estimate of drug-likeness (QED) is 0.413. The Bertz CT molecular complexity index is 1170. The fourth-order valence-electron chi connectivity index (χ4n) is 3.89. The maximum Gasteiger partial charge on any atom is 0.273 e. The summed E-state index contributed by atoms with van der Waals surface area (Å²) in [6.45, 7) is 6.07. The zero-order chi connectivity index (χ0) is 23.8. The lowest BCUT2D eigenvalue weighted by atomic mass is 9.85. The molecular weight excluding hydrogens is 418 g/mol. The molecule has 1 fully saturated rings. The van der Waals surface area contributed by atoms with E-state index < -0.39 is 22.9 Å². The number of amides is 2. The predicted molar refractivity (Wildman–Crippen MR) is 128 cm³/mol. The number of nitrogens with one attached hydrogen (secondary N) is 2. The molecule has 0 unspecified atom stereocenters. The molecule has 3 aromatic rings. The number of fused-ring (bicyclic) bond motifs is 1. The summed E-state index contributed by atoms with van der Waals surface area (Å²) in [5.74, 6) is -0.709. The molecule has 8 nitrogen and oxygen atoms in total. The van der Waals surface area contributed by atoms with Gasteiger partial charge in [0.25, 0.3) is 5.91 Å². The fourth-order valence-corrected chi connectivity index (χ4v) is 3.89. The van der Waals surface area contributed by atoms with Gasteiger partial charge in [-0.25, -0.2) is 0 Å². The number of hydrogen-bond donors (Lipinski definition) is 4. The zero-order valence-electron chi connectivity index (χ0n) is 19.3. The van der Waals surface area contributed by atoms with Crippen molar-refractivity contribution in [2.75, 3.05) is 12.3 Å². The van der Waals surface area contributed by atoms with Gasteiger partial charge in [-0.1, -0.05) is 51.1 Å². The number of carbonyl (C=O) groups is 2. The normalized spacial score (nSPS) is 15.8. The van der Waals surface area contributed by atoms with Gasteiger partial charge in [-0.3, -0.25) is 14.3 Å². The number of nitrogen functional groups attached to an aromatic ring is 1. The minimum absolute atomic E-state index is 0.107. The van der Waals surface area contributed by atoms with E-state index in [2.05, 4.69) is 15.7 Å². The number of aliphatic hydroxyl groups excluding tert-OH is 1. The smallest absolute Gasteiger partial charge is 0.273 e. The second-order valence-electron chi connectivity index (χ2n) is 9.97. The Hall–Kier alpha value is -3.39. The predicted octanol–water partition coefficient (Wildman–Crippen LogP) is 2.45. The number of anilines is 1. The molecule has 8 heteroatoms. The third-order valence-corrected chi connectivity index (χ3v) is 6.13. The molecule has 0 radical (unpaired) electrons. The Kier molecular flexibility index (Phi) is 5.88. The van der Waals surface area contributed by atoms with Gasteiger partial charge in [-0.05, 0) is 42.0 Å². The maximum atomic E-state index is 13.3. The molecule has 5 N–H and O–H groups in total. The Balaban J connectivity index is 1.61. The van der Waals surface area contributed by atoms with Crippen molar-refractivity contribution in [2.24, 2.45) is 5.41 Å². The van der Waals surface area contributed by atoms with Crippen LogP contribution >= 0.6 is 0 Å². The lowest BCUT2D eigenvalue weighted by molar-refractivity contribution is -0.126. The van der Waals surface area contributed by atoms with Gasteiger partial charge in [0.2, 0.25) is 5.91 Å². The molecule has 1 atom stereocenters. The Morgan fingerprint density at radius 2 is 1.82 bits per heavy atom. The Morgan fingerprint density at radius 1 is 1.15 bits per heavy atom. The van der Waals surface area contributed by atoms with Gasteiger partial charge in [-0.2, -0.15) is 5.10 Å². The SMILES string of the molecule is CC(C)(C)[C@H](NC(=O)c1nn(Cc2ccc(N)cc2)c2ccccc12)C(=O)NC1(CO)CC1. The van der Waals surface area contributed by atoms with Crippen LogP contribution in [0.1, 0.15) is 49.7 Å². The molecule has 0 aliphatic heterocycles. The van der Waals surface area contributed by atoms with Crippen LogP contribution in [0.3, 0.4) is 0 Å². The van der Waals surface area contributed by atoms with Crippen LogP contribution in [0.15, 0.2) is 48.5 Å². The summed E-state index contributed by atoms with van der Waals surface area (Å²) in [5.41, 5.74) is 7.49. The molecule has 1 heterocycles. The van der Waals surface area contributed by atoms with E-state index in [0.717, 1.165) is 23.9 Å². The van der Waals surface area contributed by atoms with Crippen LogP contribution in [0.4, 0.5) is 5.69 Å². The number of aliphatic hydroxyl groups is 1. The molecule has 2 aromatic carbocycles. The number of nitrogens with two attached hydrogens (primary N) is 1. The first kappa shape index (κ1) is 22.8. The first-order chi connectivity index (χ1) is 15.6. The molecule has 0 spiro atoms. The van der Waals surface area contributed by atoms with Crippen LogP contribution in [0.25, 0.3) is 10.9 Å². The summed E-state index contributed by atoms with van der Waals surface area (Å²) in [6.07, 6.45) is 1.47. The minimum atomic E-state index is -0.782. The highest BCUT2D eigenvalue weighted by atomic mass is 16.3. The molecule has 33 heavy (non-hydrogen) atoms. The van der Waals surface area contributed by atoms with Crippen molar-refractivity contribution < 1.29 is 14.7 Å². The van der Waals surface area contributed by atoms with Gasteiger partial charge in [0.1, 0.15) is 6.04 Å². The third-order valence-electron chi connectivity index (χ3n) is 6.13. The van der Waals surface area contributed by atoms with E-state index in [0.29, 0.717) is 17.6 Å². The summed E-state index contributed by atoms with van der Waals surface area (Å²) in [7, 11) is 0. The summed E-state index contributed by atoms with van der Waals surface area (Å²) < 4.78 is 1.78. The van der Waals surface area contributed by atoms with Gasteiger partial charge >= 0.3 is 0 Å². The lowest BCUT2D eigenvalue weighted by Crippen LogP contribution is -2.56. The van der Waals surface area contributed by atoms with Crippen LogP contribution in [0.5, 0.6) is 0 Å². The van der Waals surface area contributed by atoms with Gasteiger partial charge in [-0.15, -0.1) is 0 Å². The molecular formula is C25H31N5O3. The second kappa shape index (κ2) is 8.51. The molecule has 0 bridgehead atoms. The average molecular weight is 450 g/mol. The summed E-state index contributed by atoms with van der Waals surface area (Å²) in [4.78, 5) is 26.4. The fraction of sp³-hybridized carbons (Fsp3) is 0.400. The maximum absolute atomic E-state index is 13.3. The molecule has 1 aliphatic carbocycles. The van der Waals surface area contributed by atoms with Crippen LogP contribution in [0.2, 0.25) is 0 Å². The number of rotatable bonds is 7. The van der Waals surface area contributed by atoms with Crippen molar-refractivity contribution in [2.45, 2.75) is 51.7 Å². The molecule has 1 aliphatic rings. The Morgan fingerprint density at radius 3 is 2.42 bits per heavy atom.